The van der Waals surface area contributed by atoms with E-state index < -0.39 is 13.5 Å². The summed E-state index contributed by atoms with van der Waals surface area (Å²) in [4.78, 5) is 25.8. The van der Waals surface area contributed by atoms with Crippen molar-refractivity contribution in [2.45, 2.75) is 53.2 Å². The molecular formula is C22H30BrN5O2Si. The standard InChI is InChI=1S/C22H30BrN5O2Si/c1-22(2,3)21(29)27-16-13-15(7-8-24-16)19-17(23)18-20(26-10-9-25-18)28(19)14-30-11-12-31(4,5)6/h7-10,13H,11-12,14H2,1-6H3,(H,24,27,29). The molecule has 0 aromatic carbocycles. The molecular weight excluding hydrogens is 474 g/mol. The van der Waals surface area contributed by atoms with Gasteiger partial charge in [-0.2, -0.15) is 0 Å². The van der Waals surface area contributed by atoms with E-state index >= 15 is 0 Å². The lowest BCUT2D eigenvalue weighted by atomic mass is 9.96. The second-order valence-electron chi connectivity index (χ2n) is 9.80. The van der Waals surface area contributed by atoms with Crippen molar-refractivity contribution in [1.29, 1.82) is 0 Å². The first-order valence-corrected chi connectivity index (χ1v) is 14.8. The van der Waals surface area contributed by atoms with Crippen LogP contribution in [0.15, 0.2) is 35.2 Å². The van der Waals surface area contributed by atoms with E-state index in [-0.39, 0.29) is 5.91 Å². The van der Waals surface area contributed by atoms with Crippen LogP contribution >= 0.6 is 15.9 Å². The third-order valence-corrected chi connectivity index (χ3v) is 7.25. The molecule has 9 heteroatoms. The van der Waals surface area contributed by atoms with E-state index in [2.05, 4.69) is 55.8 Å². The molecule has 1 N–H and O–H groups in total. The smallest absolute Gasteiger partial charge is 0.230 e. The Hall–Kier alpha value is -2.10. The number of nitrogens with one attached hydrogen (secondary N) is 1. The molecule has 0 bridgehead atoms. The van der Waals surface area contributed by atoms with Crippen molar-refractivity contribution in [2.24, 2.45) is 5.41 Å². The zero-order valence-electron chi connectivity index (χ0n) is 19.0. The summed E-state index contributed by atoms with van der Waals surface area (Å²) in [6.07, 6.45) is 5.04. The van der Waals surface area contributed by atoms with E-state index in [9.17, 15) is 4.79 Å². The lowest BCUT2D eigenvalue weighted by Gasteiger charge is -2.18. The van der Waals surface area contributed by atoms with Gasteiger partial charge in [-0.05, 0) is 34.1 Å². The fraction of sp³-hybridized carbons (Fsp3) is 0.455. The molecule has 0 saturated heterocycles. The van der Waals surface area contributed by atoms with Gasteiger partial charge in [0.05, 0.1) is 10.2 Å². The lowest BCUT2D eigenvalue weighted by Crippen LogP contribution is -2.28. The molecule has 1 amide bonds. The van der Waals surface area contributed by atoms with Crippen molar-refractivity contribution in [3.8, 4) is 11.3 Å². The molecule has 0 aliphatic carbocycles. The van der Waals surface area contributed by atoms with E-state index in [1.54, 1.807) is 18.6 Å². The molecule has 166 valence electrons. The molecule has 31 heavy (non-hydrogen) atoms. The number of amides is 1. The van der Waals surface area contributed by atoms with E-state index in [0.29, 0.717) is 19.2 Å². The van der Waals surface area contributed by atoms with Gasteiger partial charge in [0.2, 0.25) is 5.91 Å². The monoisotopic (exact) mass is 503 g/mol. The number of carbonyl (C=O) groups excluding carboxylic acids is 1. The van der Waals surface area contributed by atoms with Crippen LogP contribution < -0.4 is 5.32 Å². The highest BCUT2D eigenvalue weighted by Gasteiger charge is 2.23. The third-order valence-electron chi connectivity index (χ3n) is 4.79. The number of rotatable bonds is 7. The SMILES string of the molecule is CC(C)(C)C(=O)Nc1cc(-c2c(Br)c3nccnc3n2COCC[Si](C)(C)C)ccn1. The fourth-order valence-corrected chi connectivity index (χ4v) is 4.39. The van der Waals surface area contributed by atoms with Gasteiger partial charge in [-0.3, -0.25) is 14.3 Å². The third kappa shape index (κ3) is 5.78. The number of ether oxygens (including phenoxy) is 1. The molecule has 3 heterocycles. The van der Waals surface area contributed by atoms with E-state index in [0.717, 1.165) is 32.9 Å². The van der Waals surface area contributed by atoms with Gasteiger partial charge in [0, 0.05) is 44.2 Å². The molecule has 0 unspecified atom stereocenters. The minimum atomic E-state index is -1.18. The van der Waals surface area contributed by atoms with Crippen LogP contribution in [-0.2, 0) is 16.3 Å². The molecule has 0 spiro atoms. The Kier molecular flexibility index (Phi) is 6.97. The largest absolute Gasteiger partial charge is 0.361 e. The number of hydrogen-bond donors (Lipinski definition) is 1. The summed E-state index contributed by atoms with van der Waals surface area (Å²) in [6.45, 7) is 13.7. The predicted molar refractivity (Wildman–Crippen MR) is 131 cm³/mol. The van der Waals surface area contributed by atoms with E-state index in [1.807, 2.05) is 37.5 Å². The summed E-state index contributed by atoms with van der Waals surface area (Å²) in [7, 11) is -1.18. The molecule has 0 aliphatic rings. The fourth-order valence-electron chi connectivity index (χ4n) is 2.91. The summed E-state index contributed by atoms with van der Waals surface area (Å²) >= 11 is 3.71. The number of anilines is 1. The molecule has 3 aromatic heterocycles. The highest BCUT2D eigenvalue weighted by atomic mass is 79.9. The van der Waals surface area contributed by atoms with Gasteiger partial charge in [-0.15, -0.1) is 0 Å². The zero-order chi connectivity index (χ0) is 22.8. The van der Waals surface area contributed by atoms with Gasteiger partial charge < -0.3 is 10.1 Å². The highest BCUT2D eigenvalue weighted by Crippen LogP contribution is 2.36. The van der Waals surface area contributed by atoms with E-state index in [1.165, 1.54) is 0 Å². The van der Waals surface area contributed by atoms with Crippen LogP contribution in [0.5, 0.6) is 0 Å². The van der Waals surface area contributed by atoms with Crippen molar-refractivity contribution < 1.29 is 9.53 Å². The van der Waals surface area contributed by atoms with Gasteiger partial charge >= 0.3 is 0 Å². The number of halogens is 1. The average Bonchev–Trinajstić information content (AvgIpc) is 2.96. The van der Waals surface area contributed by atoms with Gasteiger partial charge in [0.25, 0.3) is 0 Å². The maximum absolute atomic E-state index is 12.4. The normalized spacial score (nSPS) is 12.4. The predicted octanol–water partition coefficient (Wildman–Crippen LogP) is 5.55. The number of carbonyl (C=O) groups is 1. The first-order valence-electron chi connectivity index (χ1n) is 10.3. The summed E-state index contributed by atoms with van der Waals surface area (Å²) < 4.78 is 8.89. The maximum atomic E-state index is 12.4. The molecule has 0 atom stereocenters. The van der Waals surface area contributed by atoms with Crippen LogP contribution in [0.2, 0.25) is 25.7 Å². The summed E-state index contributed by atoms with van der Waals surface area (Å²) in [5.74, 6) is 0.413. The Bertz CT molecular complexity index is 1090. The molecule has 3 aromatic rings. The Labute approximate surface area is 192 Å². The first-order chi connectivity index (χ1) is 14.5. The first kappa shape index (κ1) is 23.6. The number of nitrogens with zero attached hydrogens (tertiary/aromatic N) is 4. The highest BCUT2D eigenvalue weighted by molar-refractivity contribution is 9.10. The summed E-state index contributed by atoms with van der Waals surface area (Å²) in [6, 6.07) is 4.86. The number of pyridine rings is 1. The Morgan fingerprint density at radius 1 is 1.16 bits per heavy atom. The lowest BCUT2D eigenvalue weighted by molar-refractivity contribution is -0.123. The second-order valence-corrected chi connectivity index (χ2v) is 16.2. The summed E-state index contributed by atoms with van der Waals surface area (Å²) in [5, 5.41) is 2.90. The second kappa shape index (κ2) is 9.18. The average molecular weight is 505 g/mol. The van der Waals surface area contributed by atoms with Crippen LogP contribution in [0, 0.1) is 5.41 Å². The van der Waals surface area contributed by atoms with Crippen molar-refractivity contribution in [3.05, 3.63) is 35.2 Å². The summed E-state index contributed by atoms with van der Waals surface area (Å²) in [5.41, 5.74) is 2.78. The zero-order valence-corrected chi connectivity index (χ0v) is 21.6. The molecule has 7 nitrogen and oxygen atoms in total. The Morgan fingerprint density at radius 2 is 1.87 bits per heavy atom. The number of hydrogen-bond acceptors (Lipinski definition) is 5. The topological polar surface area (TPSA) is 81.9 Å². The number of fused-ring (bicyclic) bond motifs is 1. The van der Waals surface area contributed by atoms with Gasteiger partial charge in [0.1, 0.15) is 18.1 Å². The molecule has 0 saturated carbocycles. The Balaban J connectivity index is 1.97. The molecule has 0 aliphatic heterocycles. The van der Waals surface area contributed by atoms with Crippen molar-refractivity contribution in [1.82, 2.24) is 19.5 Å². The molecule has 0 fully saturated rings. The quantitative estimate of drug-likeness (QED) is 0.337. The van der Waals surface area contributed by atoms with Crippen LogP contribution in [0.1, 0.15) is 20.8 Å². The van der Waals surface area contributed by atoms with E-state index in [4.69, 9.17) is 4.74 Å². The van der Waals surface area contributed by atoms with Crippen LogP contribution in [0.3, 0.4) is 0 Å². The van der Waals surface area contributed by atoms with Crippen LogP contribution in [-0.4, -0.2) is 40.1 Å². The van der Waals surface area contributed by atoms with Crippen molar-refractivity contribution in [3.63, 3.8) is 0 Å². The molecule has 0 radical (unpaired) electrons. The minimum absolute atomic E-state index is 0.0882. The van der Waals surface area contributed by atoms with Crippen molar-refractivity contribution in [2.75, 3.05) is 11.9 Å². The Morgan fingerprint density at radius 3 is 2.55 bits per heavy atom. The number of aromatic nitrogens is 4. The van der Waals surface area contributed by atoms with Crippen LogP contribution in [0.25, 0.3) is 22.4 Å². The molecule has 3 rings (SSSR count). The minimum Gasteiger partial charge on any atom is -0.361 e. The maximum Gasteiger partial charge on any atom is 0.230 e. The van der Waals surface area contributed by atoms with Gasteiger partial charge in [0.15, 0.2) is 5.65 Å². The van der Waals surface area contributed by atoms with Gasteiger partial charge in [-0.25, -0.2) is 9.97 Å². The van der Waals surface area contributed by atoms with Gasteiger partial charge in [-0.1, -0.05) is 40.4 Å². The van der Waals surface area contributed by atoms with Crippen LogP contribution in [0.4, 0.5) is 5.82 Å². The van der Waals surface area contributed by atoms with Crippen molar-refractivity contribution >= 4 is 46.9 Å².